The van der Waals surface area contributed by atoms with Crippen LogP contribution in [0.5, 0.6) is 34.5 Å². The summed E-state index contributed by atoms with van der Waals surface area (Å²) in [6.45, 7) is 11.9. The van der Waals surface area contributed by atoms with Crippen LogP contribution in [0, 0.1) is 0 Å². The number of ether oxygens (including phenoxy) is 8. The quantitative estimate of drug-likeness (QED) is 0.0372. The number of benzene rings is 4. The fraction of sp³-hybridized carbons (Fsp3) is 0.233. The van der Waals surface area contributed by atoms with E-state index in [2.05, 4.69) is 13.2 Å². The third-order valence-corrected chi connectivity index (χ3v) is 7.21. The van der Waals surface area contributed by atoms with Crippen LogP contribution in [0.1, 0.15) is 64.2 Å². The van der Waals surface area contributed by atoms with Crippen molar-refractivity contribution in [3.05, 3.63) is 133 Å². The summed E-state index contributed by atoms with van der Waals surface area (Å²) in [4.78, 5) is 60.5. The van der Waals surface area contributed by atoms with Gasteiger partial charge in [-0.1, -0.05) is 27.0 Å². The first-order valence-electron chi connectivity index (χ1n) is 17.7. The summed E-state index contributed by atoms with van der Waals surface area (Å²) in [7, 11) is 1.37. The lowest BCUT2D eigenvalue weighted by Crippen LogP contribution is -2.12. The lowest BCUT2D eigenvalue weighted by molar-refractivity contribution is -0.138. The lowest BCUT2D eigenvalue weighted by atomic mass is 10.2. The molecule has 13 heteroatoms. The molecule has 4 rings (SSSR count). The van der Waals surface area contributed by atoms with E-state index in [1.54, 1.807) is 48.5 Å². The minimum Gasteiger partial charge on any atom is -0.494 e. The number of rotatable bonds is 20. The minimum atomic E-state index is -0.704. The van der Waals surface area contributed by atoms with Crippen molar-refractivity contribution in [1.82, 2.24) is 0 Å². The molecule has 294 valence electrons. The fourth-order valence-corrected chi connectivity index (χ4v) is 4.43. The molecule has 0 aromatic heterocycles. The van der Waals surface area contributed by atoms with Gasteiger partial charge < -0.3 is 37.9 Å². The van der Waals surface area contributed by atoms with Gasteiger partial charge in [-0.2, -0.15) is 0 Å². The highest BCUT2D eigenvalue weighted by Crippen LogP contribution is 2.30. The first kappa shape index (κ1) is 43.5. The highest BCUT2D eigenvalue weighted by molar-refractivity contribution is 5.94. The van der Waals surface area contributed by atoms with E-state index < -0.39 is 29.8 Å². The Hall–Kier alpha value is -6.89. The molecule has 0 saturated carbocycles. The van der Waals surface area contributed by atoms with E-state index in [-0.39, 0.29) is 47.3 Å². The van der Waals surface area contributed by atoms with Crippen molar-refractivity contribution >= 4 is 29.8 Å². The molecule has 0 amide bonds. The van der Waals surface area contributed by atoms with Crippen LogP contribution in [0.2, 0.25) is 0 Å². The maximum atomic E-state index is 12.9. The Balaban J connectivity index is 0.00000414. The second kappa shape index (κ2) is 23.7. The number of hydrogen-bond acceptors (Lipinski definition) is 13. The van der Waals surface area contributed by atoms with Crippen LogP contribution in [0.4, 0.5) is 0 Å². The SMILES string of the molecule is C=CC(=O)OCCCCOc1ccc(C(=O)Oc2ccc(C(=O)Oc3ccc(OC(=O)c4ccc(OCCCOC(=O)C=C)cc4)cc3)cc2OC)cc1.CC. The normalized spacial score (nSPS) is 9.98. The molecule has 0 aliphatic rings. The van der Waals surface area contributed by atoms with E-state index in [9.17, 15) is 24.0 Å². The molecule has 0 N–H and O–H groups in total. The number of carbonyl (C=O) groups is 5. The maximum absolute atomic E-state index is 12.9. The van der Waals surface area contributed by atoms with Gasteiger partial charge in [-0.25, -0.2) is 24.0 Å². The van der Waals surface area contributed by atoms with Gasteiger partial charge in [-0.3, -0.25) is 0 Å². The Bertz CT molecular complexity index is 1920. The van der Waals surface area contributed by atoms with E-state index >= 15 is 0 Å². The molecule has 4 aromatic carbocycles. The topological polar surface area (TPSA) is 159 Å². The van der Waals surface area contributed by atoms with Crippen LogP contribution < -0.4 is 28.4 Å². The molecule has 0 unspecified atom stereocenters. The second-order valence-electron chi connectivity index (χ2n) is 11.1. The predicted molar refractivity (Wildman–Crippen MR) is 206 cm³/mol. The molecule has 0 fully saturated rings. The summed E-state index contributed by atoms with van der Waals surface area (Å²) in [6, 6.07) is 22.9. The molecule has 0 bridgehead atoms. The van der Waals surface area contributed by atoms with Crippen molar-refractivity contribution in [2.24, 2.45) is 0 Å². The first-order valence-corrected chi connectivity index (χ1v) is 17.7. The van der Waals surface area contributed by atoms with E-state index in [0.29, 0.717) is 49.5 Å². The summed E-state index contributed by atoms with van der Waals surface area (Å²) < 4.78 is 42.8. The summed E-state index contributed by atoms with van der Waals surface area (Å²) >= 11 is 0. The van der Waals surface area contributed by atoms with Gasteiger partial charge in [-0.05, 0) is 104 Å². The second-order valence-corrected chi connectivity index (χ2v) is 11.1. The van der Waals surface area contributed by atoms with E-state index in [0.717, 1.165) is 12.2 Å². The summed E-state index contributed by atoms with van der Waals surface area (Å²) in [5, 5.41) is 0. The van der Waals surface area contributed by atoms with Crippen molar-refractivity contribution in [2.75, 3.05) is 33.5 Å². The highest BCUT2D eigenvalue weighted by atomic mass is 16.6. The molecule has 56 heavy (non-hydrogen) atoms. The van der Waals surface area contributed by atoms with E-state index in [4.69, 9.17) is 37.9 Å². The minimum absolute atomic E-state index is 0.0913. The molecule has 0 spiro atoms. The molecule has 0 radical (unpaired) electrons. The average Bonchev–Trinajstić information content (AvgIpc) is 3.23. The molecule has 4 aromatic rings. The largest absolute Gasteiger partial charge is 0.494 e. The van der Waals surface area contributed by atoms with Crippen molar-refractivity contribution in [3.8, 4) is 34.5 Å². The zero-order valence-electron chi connectivity index (χ0n) is 31.5. The van der Waals surface area contributed by atoms with Crippen LogP contribution >= 0.6 is 0 Å². The van der Waals surface area contributed by atoms with Gasteiger partial charge in [-0.15, -0.1) is 0 Å². The van der Waals surface area contributed by atoms with Crippen LogP contribution in [0.25, 0.3) is 0 Å². The van der Waals surface area contributed by atoms with E-state index in [1.165, 1.54) is 49.6 Å². The highest BCUT2D eigenvalue weighted by Gasteiger charge is 2.17. The zero-order valence-corrected chi connectivity index (χ0v) is 31.5. The Kier molecular flexibility index (Phi) is 18.4. The number of methoxy groups -OCH3 is 1. The molecular formula is C43H44O13. The number of esters is 5. The fourth-order valence-electron chi connectivity index (χ4n) is 4.43. The Morgan fingerprint density at radius 3 is 1.36 bits per heavy atom. The molecule has 0 aliphatic carbocycles. The van der Waals surface area contributed by atoms with Crippen molar-refractivity contribution < 1.29 is 61.9 Å². The van der Waals surface area contributed by atoms with Crippen LogP contribution in [0.15, 0.2) is 116 Å². The zero-order chi connectivity index (χ0) is 40.7. The van der Waals surface area contributed by atoms with Gasteiger partial charge >= 0.3 is 29.8 Å². The summed E-state index contributed by atoms with van der Waals surface area (Å²) in [6.07, 6.45) is 3.99. The van der Waals surface area contributed by atoms with Crippen molar-refractivity contribution in [3.63, 3.8) is 0 Å². The van der Waals surface area contributed by atoms with Gasteiger partial charge in [0.05, 0.1) is 50.2 Å². The Labute approximate surface area is 325 Å². The molecule has 0 saturated heterocycles. The van der Waals surface area contributed by atoms with Crippen molar-refractivity contribution in [1.29, 1.82) is 0 Å². The third kappa shape index (κ3) is 14.5. The Morgan fingerprint density at radius 1 is 0.482 bits per heavy atom. The first-order chi connectivity index (χ1) is 27.2. The molecule has 13 nitrogen and oxygen atoms in total. The summed E-state index contributed by atoms with van der Waals surface area (Å²) in [5.41, 5.74) is 0.685. The van der Waals surface area contributed by atoms with Gasteiger partial charge in [0.2, 0.25) is 0 Å². The number of unbranched alkanes of at least 4 members (excludes halogenated alkanes) is 1. The van der Waals surface area contributed by atoms with Crippen molar-refractivity contribution in [2.45, 2.75) is 33.1 Å². The third-order valence-electron chi connectivity index (χ3n) is 7.21. The van der Waals surface area contributed by atoms with Gasteiger partial charge in [0.15, 0.2) is 11.5 Å². The van der Waals surface area contributed by atoms with Crippen LogP contribution in [-0.4, -0.2) is 63.4 Å². The smallest absolute Gasteiger partial charge is 0.343 e. The van der Waals surface area contributed by atoms with E-state index in [1.807, 2.05) is 13.8 Å². The molecule has 0 heterocycles. The average molecular weight is 769 g/mol. The molecule has 0 aliphatic heterocycles. The standard InChI is InChI=1S/C41H38O13.C2H6/c1-4-37(42)50-24-7-6-23-48-31-16-11-29(12-17-31)40(45)54-35-22-13-30(27-36(35)47-3)41(46)53-34-20-18-33(19-21-34)52-39(44)28-9-14-32(15-10-28)49-25-8-26-51-38(43)5-2;1-2/h4-5,9-22,27H,1-2,6-8,23-26H2,3H3;1-2H3. The predicted octanol–water partition coefficient (Wildman–Crippen LogP) is 7.77. The number of carbonyl (C=O) groups excluding carboxylic acids is 5. The number of hydrogen-bond donors (Lipinski definition) is 0. The van der Waals surface area contributed by atoms with Crippen LogP contribution in [-0.2, 0) is 19.1 Å². The monoisotopic (exact) mass is 768 g/mol. The van der Waals surface area contributed by atoms with Crippen LogP contribution in [0.3, 0.4) is 0 Å². The Morgan fingerprint density at radius 2 is 0.875 bits per heavy atom. The maximum Gasteiger partial charge on any atom is 0.343 e. The van der Waals surface area contributed by atoms with Gasteiger partial charge in [0, 0.05) is 18.6 Å². The lowest BCUT2D eigenvalue weighted by Gasteiger charge is -2.12. The molecule has 0 atom stereocenters. The van der Waals surface area contributed by atoms with Gasteiger partial charge in [0.1, 0.15) is 23.0 Å². The summed E-state index contributed by atoms with van der Waals surface area (Å²) in [5.74, 6) is -1.19. The molecular weight excluding hydrogens is 724 g/mol. The van der Waals surface area contributed by atoms with Gasteiger partial charge in [0.25, 0.3) is 0 Å².